The van der Waals surface area contributed by atoms with Crippen LogP contribution in [0.25, 0.3) is 0 Å². The molecule has 3 rings (SSSR count). The molecular formula is C15H20BrNO. The predicted molar refractivity (Wildman–Crippen MR) is 76.6 cm³/mol. The average Bonchev–Trinajstić information content (AvgIpc) is 2.96. The van der Waals surface area contributed by atoms with Crippen molar-refractivity contribution >= 4 is 15.9 Å². The fourth-order valence-electron chi connectivity index (χ4n) is 3.34. The molecule has 0 heterocycles. The zero-order chi connectivity index (χ0) is 12.7. The van der Waals surface area contributed by atoms with Crippen LogP contribution >= 0.6 is 15.9 Å². The van der Waals surface area contributed by atoms with Crippen molar-refractivity contribution in [3.63, 3.8) is 0 Å². The molecule has 0 bridgehead atoms. The van der Waals surface area contributed by atoms with E-state index in [1.807, 2.05) is 19.1 Å². The van der Waals surface area contributed by atoms with E-state index in [2.05, 4.69) is 22.0 Å². The minimum absolute atomic E-state index is 0.169. The Kier molecular flexibility index (Phi) is 3.37. The highest BCUT2D eigenvalue weighted by atomic mass is 79.9. The fourth-order valence-corrected chi connectivity index (χ4v) is 3.97. The van der Waals surface area contributed by atoms with E-state index in [0.717, 1.165) is 22.1 Å². The van der Waals surface area contributed by atoms with Gasteiger partial charge in [-0.1, -0.05) is 22.0 Å². The maximum atomic E-state index is 6.44. The van der Waals surface area contributed by atoms with Crippen LogP contribution in [0.1, 0.15) is 37.8 Å². The molecule has 2 aliphatic rings. The predicted octanol–water partition coefficient (Wildman–Crippen LogP) is 3.89. The Bertz CT molecular complexity index is 438. The van der Waals surface area contributed by atoms with Crippen LogP contribution in [0.2, 0.25) is 0 Å². The number of nitrogens with two attached hydrogens (primary N) is 1. The molecule has 2 N–H and O–H groups in total. The first-order valence-corrected chi connectivity index (χ1v) is 7.66. The first-order chi connectivity index (χ1) is 8.69. The molecule has 0 aliphatic heterocycles. The van der Waals surface area contributed by atoms with E-state index in [0.29, 0.717) is 12.5 Å². The molecule has 18 heavy (non-hydrogen) atoms. The minimum Gasteiger partial charge on any atom is -0.494 e. The van der Waals surface area contributed by atoms with Crippen LogP contribution in [0.3, 0.4) is 0 Å². The highest BCUT2D eigenvalue weighted by molar-refractivity contribution is 9.10. The molecule has 1 aromatic rings. The van der Waals surface area contributed by atoms with Gasteiger partial charge in [-0.05, 0) is 61.6 Å². The fraction of sp³-hybridized carbons (Fsp3) is 0.600. The Morgan fingerprint density at radius 2 is 2.06 bits per heavy atom. The molecule has 2 nitrogen and oxygen atoms in total. The van der Waals surface area contributed by atoms with Crippen LogP contribution in [0.15, 0.2) is 22.7 Å². The number of hydrogen-bond donors (Lipinski definition) is 1. The third kappa shape index (κ3) is 2.30. The monoisotopic (exact) mass is 309 g/mol. The van der Waals surface area contributed by atoms with Crippen LogP contribution in [0.4, 0.5) is 0 Å². The van der Waals surface area contributed by atoms with E-state index in [-0.39, 0.29) is 6.04 Å². The van der Waals surface area contributed by atoms with E-state index in [1.54, 1.807) is 0 Å². The van der Waals surface area contributed by atoms with Gasteiger partial charge in [-0.3, -0.25) is 0 Å². The van der Waals surface area contributed by atoms with Gasteiger partial charge in [0, 0.05) is 10.5 Å². The molecule has 3 heteroatoms. The van der Waals surface area contributed by atoms with E-state index in [4.69, 9.17) is 10.5 Å². The van der Waals surface area contributed by atoms with Crippen molar-refractivity contribution in [1.82, 2.24) is 0 Å². The number of hydrogen-bond acceptors (Lipinski definition) is 2. The molecule has 0 saturated heterocycles. The van der Waals surface area contributed by atoms with Crippen molar-refractivity contribution < 1.29 is 4.74 Å². The molecule has 3 atom stereocenters. The van der Waals surface area contributed by atoms with Crippen LogP contribution in [-0.4, -0.2) is 6.61 Å². The summed E-state index contributed by atoms with van der Waals surface area (Å²) in [5, 5.41) is 0. The third-order valence-corrected chi connectivity index (χ3v) is 5.12. The van der Waals surface area contributed by atoms with Gasteiger partial charge in [0.1, 0.15) is 5.75 Å². The summed E-state index contributed by atoms with van der Waals surface area (Å²) >= 11 is 3.63. The summed E-state index contributed by atoms with van der Waals surface area (Å²) in [7, 11) is 0. The maximum absolute atomic E-state index is 6.44. The van der Waals surface area contributed by atoms with Crippen molar-refractivity contribution in [2.75, 3.05) is 6.61 Å². The van der Waals surface area contributed by atoms with Crippen molar-refractivity contribution in [1.29, 1.82) is 0 Å². The van der Waals surface area contributed by atoms with Gasteiger partial charge in [-0.25, -0.2) is 0 Å². The molecule has 0 spiro atoms. The smallest absolute Gasteiger partial charge is 0.120 e. The molecule has 0 amide bonds. The summed E-state index contributed by atoms with van der Waals surface area (Å²) in [5.74, 6) is 3.56. The third-order valence-electron chi connectivity index (χ3n) is 4.43. The van der Waals surface area contributed by atoms with E-state index in [1.165, 1.54) is 24.8 Å². The van der Waals surface area contributed by atoms with Crippen molar-refractivity contribution in [2.24, 2.45) is 23.5 Å². The Morgan fingerprint density at radius 3 is 2.67 bits per heavy atom. The van der Waals surface area contributed by atoms with Crippen LogP contribution in [-0.2, 0) is 0 Å². The second-order valence-corrected chi connectivity index (χ2v) is 6.48. The van der Waals surface area contributed by atoms with Gasteiger partial charge < -0.3 is 10.5 Å². The lowest BCUT2D eigenvalue weighted by atomic mass is 9.90. The van der Waals surface area contributed by atoms with Gasteiger partial charge in [-0.2, -0.15) is 0 Å². The average molecular weight is 310 g/mol. The lowest BCUT2D eigenvalue weighted by molar-refractivity contribution is 0.339. The number of rotatable bonds is 4. The first-order valence-electron chi connectivity index (χ1n) is 6.87. The second kappa shape index (κ2) is 4.86. The zero-order valence-electron chi connectivity index (χ0n) is 10.7. The molecule has 1 aromatic carbocycles. The topological polar surface area (TPSA) is 35.2 Å². The van der Waals surface area contributed by atoms with Crippen LogP contribution in [0.5, 0.6) is 5.75 Å². The quantitative estimate of drug-likeness (QED) is 0.915. The van der Waals surface area contributed by atoms with E-state index < -0.39 is 0 Å². The summed E-state index contributed by atoms with van der Waals surface area (Å²) in [6.07, 6.45) is 4.10. The summed E-state index contributed by atoms with van der Waals surface area (Å²) in [4.78, 5) is 0. The normalized spacial score (nSPS) is 30.9. The maximum Gasteiger partial charge on any atom is 0.120 e. The largest absolute Gasteiger partial charge is 0.494 e. The molecule has 2 fully saturated rings. The summed E-state index contributed by atoms with van der Waals surface area (Å²) < 4.78 is 6.58. The highest BCUT2D eigenvalue weighted by Crippen LogP contribution is 2.57. The van der Waals surface area contributed by atoms with Gasteiger partial charge in [0.15, 0.2) is 0 Å². The molecule has 98 valence electrons. The standard InChI is InChI=1S/C15H20BrNO/c1-2-18-12-3-4-13(14(16)8-12)15(17)11-6-9-5-10(9)7-11/h3-4,8-11,15H,2,5-7,17H2,1H3. The SMILES string of the molecule is CCOc1ccc(C(N)C2CC3CC3C2)c(Br)c1. The molecule has 0 radical (unpaired) electrons. The Balaban J connectivity index is 1.74. The van der Waals surface area contributed by atoms with E-state index in [9.17, 15) is 0 Å². The molecular weight excluding hydrogens is 290 g/mol. The molecule has 2 aliphatic carbocycles. The van der Waals surface area contributed by atoms with Gasteiger partial charge in [0.25, 0.3) is 0 Å². The summed E-state index contributed by atoms with van der Waals surface area (Å²) in [5.41, 5.74) is 7.66. The number of benzene rings is 1. The lowest BCUT2D eigenvalue weighted by Crippen LogP contribution is -2.20. The van der Waals surface area contributed by atoms with Gasteiger partial charge in [0.05, 0.1) is 6.61 Å². The Hall–Kier alpha value is -0.540. The molecule has 3 unspecified atom stereocenters. The number of halogens is 1. The minimum atomic E-state index is 0.169. The lowest BCUT2D eigenvalue weighted by Gasteiger charge is -2.22. The Morgan fingerprint density at radius 1 is 1.33 bits per heavy atom. The van der Waals surface area contributed by atoms with Crippen molar-refractivity contribution in [3.05, 3.63) is 28.2 Å². The van der Waals surface area contributed by atoms with Gasteiger partial charge in [-0.15, -0.1) is 0 Å². The summed E-state index contributed by atoms with van der Waals surface area (Å²) in [6, 6.07) is 6.35. The Labute approximate surface area is 117 Å². The van der Waals surface area contributed by atoms with Crippen molar-refractivity contribution in [3.8, 4) is 5.75 Å². The number of fused-ring (bicyclic) bond motifs is 1. The van der Waals surface area contributed by atoms with Gasteiger partial charge >= 0.3 is 0 Å². The second-order valence-electron chi connectivity index (χ2n) is 5.63. The van der Waals surface area contributed by atoms with Gasteiger partial charge in [0.2, 0.25) is 0 Å². The van der Waals surface area contributed by atoms with E-state index >= 15 is 0 Å². The molecule has 0 aromatic heterocycles. The van der Waals surface area contributed by atoms with Crippen LogP contribution in [0, 0.1) is 17.8 Å². The van der Waals surface area contributed by atoms with Crippen LogP contribution < -0.4 is 10.5 Å². The van der Waals surface area contributed by atoms with Crippen molar-refractivity contribution in [2.45, 2.75) is 32.2 Å². The molecule has 2 saturated carbocycles. The highest BCUT2D eigenvalue weighted by Gasteiger charge is 2.47. The first kappa shape index (κ1) is 12.5. The number of ether oxygens (including phenoxy) is 1. The zero-order valence-corrected chi connectivity index (χ0v) is 12.3. The summed E-state index contributed by atoms with van der Waals surface area (Å²) in [6.45, 7) is 2.70.